The third kappa shape index (κ3) is 17.6. The normalized spacial score (nSPS) is 15.9. The molecule has 1 fully saturated rings. The van der Waals surface area contributed by atoms with Gasteiger partial charge in [0.1, 0.15) is 5.75 Å². The van der Waals surface area contributed by atoms with Gasteiger partial charge >= 0.3 is 35.8 Å². The number of thiocarbonyl (C=S) groups is 1. The molecule has 1 aliphatic rings. The Morgan fingerprint density at radius 1 is 0.737 bits per heavy atom. The fourth-order valence-corrected chi connectivity index (χ4v) is 6.99. The highest BCUT2D eigenvalue weighted by atomic mass is 32.1. The van der Waals surface area contributed by atoms with E-state index in [1.807, 2.05) is 19.1 Å². The van der Waals surface area contributed by atoms with Gasteiger partial charge in [0.25, 0.3) is 0 Å². The van der Waals surface area contributed by atoms with Gasteiger partial charge < -0.3 is 45.6 Å². The molecule has 19 heteroatoms. The van der Waals surface area contributed by atoms with Crippen LogP contribution in [0.4, 0.5) is 5.69 Å². The predicted octanol–water partition coefficient (Wildman–Crippen LogP) is 1.85. The van der Waals surface area contributed by atoms with Crippen molar-refractivity contribution in [2.45, 2.75) is 63.6 Å². The van der Waals surface area contributed by atoms with Gasteiger partial charge in [-0.3, -0.25) is 43.5 Å². The van der Waals surface area contributed by atoms with Crippen LogP contribution in [0.5, 0.6) is 5.75 Å². The molecule has 57 heavy (non-hydrogen) atoms. The van der Waals surface area contributed by atoms with E-state index in [9.17, 15) is 54.3 Å². The summed E-state index contributed by atoms with van der Waals surface area (Å²) < 4.78 is 10.8. The summed E-state index contributed by atoms with van der Waals surface area (Å²) in [6.45, 7) is -0.400. The van der Waals surface area contributed by atoms with Gasteiger partial charge in [0.15, 0.2) is 5.11 Å². The van der Waals surface area contributed by atoms with Gasteiger partial charge in [-0.15, -0.1) is 0 Å². The number of aliphatic carboxylic acids is 5. The Kier molecular flexibility index (Phi) is 19.3. The Labute approximate surface area is 335 Å². The molecule has 0 bridgehead atoms. The molecule has 2 aromatic carbocycles. The van der Waals surface area contributed by atoms with Crippen LogP contribution >= 0.6 is 12.2 Å². The molecule has 1 aliphatic carbocycles. The van der Waals surface area contributed by atoms with E-state index in [1.165, 1.54) is 9.80 Å². The number of aryl methyl sites for hydroxylation is 1. The van der Waals surface area contributed by atoms with E-state index in [2.05, 4.69) is 10.6 Å². The molecule has 18 nitrogen and oxygen atoms in total. The Bertz CT molecular complexity index is 1650. The first-order valence-electron chi connectivity index (χ1n) is 18.4. The number of hydrogen-bond donors (Lipinski definition) is 7. The minimum atomic E-state index is -1.29. The Hall–Kier alpha value is -5.21. The number of carbonyl (C=O) groups excluding carboxylic acids is 1. The van der Waals surface area contributed by atoms with Crippen LogP contribution in [0, 0.1) is 6.92 Å². The summed E-state index contributed by atoms with van der Waals surface area (Å²) in [6, 6.07) is 12.0. The summed E-state index contributed by atoms with van der Waals surface area (Å²) in [5.74, 6) is -6.23. The summed E-state index contributed by atoms with van der Waals surface area (Å²) in [6.07, 6.45) is 2.33. The molecule has 312 valence electrons. The van der Waals surface area contributed by atoms with E-state index in [1.54, 1.807) is 41.3 Å². The molecule has 0 saturated heterocycles. The minimum absolute atomic E-state index is 0.0744. The second kappa shape index (κ2) is 23.8. The van der Waals surface area contributed by atoms with Crippen molar-refractivity contribution in [2.24, 2.45) is 0 Å². The molecule has 7 N–H and O–H groups in total. The van der Waals surface area contributed by atoms with Crippen molar-refractivity contribution in [2.75, 3.05) is 64.3 Å². The van der Waals surface area contributed by atoms with Crippen LogP contribution in [0.25, 0.3) is 0 Å². The second-order valence-electron chi connectivity index (χ2n) is 13.7. The van der Waals surface area contributed by atoms with E-state index in [0.717, 1.165) is 5.56 Å². The van der Waals surface area contributed by atoms with Crippen LogP contribution in [-0.4, -0.2) is 158 Å². The zero-order chi connectivity index (χ0) is 41.9. The van der Waals surface area contributed by atoms with Gasteiger partial charge in [-0.25, -0.2) is 0 Å². The summed E-state index contributed by atoms with van der Waals surface area (Å²) in [4.78, 5) is 75.6. The van der Waals surface area contributed by atoms with Crippen molar-refractivity contribution in [1.29, 1.82) is 0 Å². The maximum absolute atomic E-state index is 12.2. The van der Waals surface area contributed by atoms with Gasteiger partial charge in [-0.05, 0) is 68.2 Å². The third-order valence-electron chi connectivity index (χ3n) is 9.20. The van der Waals surface area contributed by atoms with Crippen LogP contribution in [0.2, 0.25) is 0 Å². The molecule has 0 radical (unpaired) electrons. The van der Waals surface area contributed by atoms with Crippen molar-refractivity contribution in [3.8, 4) is 5.75 Å². The summed E-state index contributed by atoms with van der Waals surface area (Å²) in [5.41, 5.74) is 2.33. The van der Waals surface area contributed by atoms with E-state index in [4.69, 9.17) is 21.7 Å². The Morgan fingerprint density at radius 3 is 1.81 bits per heavy atom. The first-order chi connectivity index (χ1) is 27.1. The van der Waals surface area contributed by atoms with Crippen LogP contribution in [0.1, 0.15) is 43.2 Å². The number of benzene rings is 2. The maximum Gasteiger partial charge on any atom is 0.317 e. The average molecular weight is 818 g/mol. The number of hydrogen-bond acceptors (Lipinski definition) is 12. The maximum atomic E-state index is 12.2. The highest BCUT2D eigenvalue weighted by Crippen LogP contribution is 2.29. The third-order valence-corrected chi connectivity index (χ3v) is 9.45. The molecule has 3 rings (SSSR count). The number of nitrogens with zero attached hydrogens (tertiary/aromatic N) is 3. The van der Waals surface area contributed by atoms with Crippen LogP contribution < -0.4 is 15.4 Å². The lowest BCUT2D eigenvalue weighted by Crippen LogP contribution is -2.59. The highest BCUT2D eigenvalue weighted by molar-refractivity contribution is 7.80. The minimum Gasteiger partial charge on any atom is -0.480 e. The lowest BCUT2D eigenvalue weighted by Gasteiger charge is -2.45. The van der Waals surface area contributed by atoms with Gasteiger partial charge in [-0.1, -0.05) is 42.7 Å². The SMILES string of the molecule is Cc1ccc(OC(=O)CCOCCNC(=S)Nc2ccc(C[C@H](CN(CC(=O)O)[C@H]3CCCC[C@@H]3N(CC(=O)O)CC(=O)O)N(CC(=O)O)CC(=O)O)cc2)cc1. The van der Waals surface area contributed by atoms with Crippen LogP contribution in [0.3, 0.4) is 0 Å². The number of rotatable bonds is 25. The van der Waals surface area contributed by atoms with Crippen LogP contribution in [0.15, 0.2) is 48.5 Å². The quantitative estimate of drug-likeness (QED) is 0.0327. The molecule has 0 heterocycles. The molecular weight excluding hydrogens is 767 g/mol. The Balaban J connectivity index is 1.67. The zero-order valence-corrected chi connectivity index (χ0v) is 32.5. The summed E-state index contributed by atoms with van der Waals surface area (Å²) >= 11 is 5.38. The van der Waals surface area contributed by atoms with E-state index in [-0.39, 0.29) is 32.6 Å². The molecule has 0 aromatic heterocycles. The van der Waals surface area contributed by atoms with Crippen molar-refractivity contribution in [3.63, 3.8) is 0 Å². The first kappa shape index (κ1) is 46.2. The average Bonchev–Trinajstić information content (AvgIpc) is 3.12. The fraction of sp³-hybridized carbons (Fsp3) is 0.500. The summed E-state index contributed by atoms with van der Waals surface area (Å²) in [7, 11) is 0. The monoisotopic (exact) mass is 817 g/mol. The van der Waals surface area contributed by atoms with Gasteiger partial charge in [0.2, 0.25) is 0 Å². The van der Waals surface area contributed by atoms with Crippen LogP contribution in [-0.2, 0) is 39.9 Å². The second-order valence-corrected chi connectivity index (χ2v) is 14.1. The molecular formula is C38H51N5O13S. The first-order valence-corrected chi connectivity index (χ1v) is 18.8. The number of carbonyl (C=O) groups is 6. The topological polar surface area (TPSA) is 256 Å². The number of ether oxygens (including phenoxy) is 2. The van der Waals surface area contributed by atoms with E-state index >= 15 is 0 Å². The number of anilines is 1. The fourth-order valence-electron chi connectivity index (χ4n) is 6.77. The Morgan fingerprint density at radius 2 is 1.26 bits per heavy atom. The molecule has 0 aliphatic heterocycles. The molecule has 2 aromatic rings. The van der Waals surface area contributed by atoms with Gasteiger partial charge in [-0.2, -0.15) is 0 Å². The van der Waals surface area contributed by atoms with Crippen molar-refractivity contribution in [3.05, 3.63) is 59.7 Å². The van der Waals surface area contributed by atoms with E-state index in [0.29, 0.717) is 54.3 Å². The van der Waals surface area contributed by atoms with Gasteiger partial charge in [0.05, 0.1) is 52.4 Å². The summed E-state index contributed by atoms with van der Waals surface area (Å²) in [5, 5.41) is 54.8. The predicted molar refractivity (Wildman–Crippen MR) is 209 cm³/mol. The zero-order valence-electron chi connectivity index (χ0n) is 31.7. The molecule has 3 atom stereocenters. The van der Waals surface area contributed by atoms with Crippen molar-refractivity contribution >= 4 is 58.8 Å². The standard InChI is InChI=1S/C38H51N5O13S/c1-25-6-12-29(13-7-25)56-37(54)14-16-55-17-15-39-38(57)40-27-10-8-26(9-11-27)18-28(41(20-32(44)45)21-33(46)47)19-42(22-34(48)49)30-4-2-3-5-31(30)43(23-35(50)51)24-36(52)53/h6-13,28,30-31H,2-5,14-24H2,1H3,(H,44,45)(H,46,47)(H,48,49)(H,50,51)(H,52,53)(H2,39,40,57)/t28-,30+,31+/m1/s1. The molecule has 0 amide bonds. The van der Waals surface area contributed by atoms with Crippen molar-refractivity contribution in [1.82, 2.24) is 20.0 Å². The van der Waals surface area contributed by atoms with E-state index < -0.39 is 86.7 Å². The van der Waals surface area contributed by atoms with Crippen molar-refractivity contribution < 1.29 is 63.8 Å². The number of carboxylic acids is 5. The number of carboxylic acid groups (broad SMARTS) is 5. The lowest BCUT2D eigenvalue weighted by atomic mass is 9.87. The van der Waals surface area contributed by atoms with Gasteiger partial charge in [0, 0.05) is 36.9 Å². The smallest absolute Gasteiger partial charge is 0.317 e. The largest absolute Gasteiger partial charge is 0.480 e. The number of nitrogens with one attached hydrogen (secondary N) is 2. The highest BCUT2D eigenvalue weighted by Gasteiger charge is 2.38. The molecule has 0 spiro atoms. The molecule has 0 unspecified atom stereocenters. The number of esters is 1. The lowest BCUT2D eigenvalue weighted by molar-refractivity contribution is -0.146. The molecule has 1 saturated carbocycles.